The first-order valence-electron chi connectivity index (χ1n) is 2.73. The van der Waals surface area contributed by atoms with E-state index in [1.807, 2.05) is 0 Å². The van der Waals surface area contributed by atoms with Crippen LogP contribution in [0.5, 0.6) is 0 Å². The molecular weight excluding hydrogens is 169 g/mol. The third-order valence-electron chi connectivity index (χ3n) is 0.947. The molecular formula is C7H9Cl2N. The molecule has 0 bridgehead atoms. The lowest BCUT2D eigenvalue weighted by Crippen LogP contribution is -1.98. The molecule has 0 aliphatic carbocycles. The Morgan fingerprint density at radius 1 is 1.50 bits per heavy atom. The third kappa shape index (κ3) is 2.46. The lowest BCUT2D eigenvalue weighted by Gasteiger charge is -1.98. The van der Waals surface area contributed by atoms with Gasteiger partial charge in [0.15, 0.2) is 0 Å². The van der Waals surface area contributed by atoms with Gasteiger partial charge in [-0.3, -0.25) is 0 Å². The Balaban J connectivity index is 4.63. The number of hydrogen-bond acceptors (Lipinski definition) is 1. The van der Waals surface area contributed by atoms with Gasteiger partial charge in [0, 0.05) is 0 Å². The molecule has 0 amide bonds. The van der Waals surface area contributed by atoms with Crippen molar-refractivity contribution in [2.75, 3.05) is 0 Å². The highest BCUT2D eigenvalue weighted by molar-refractivity contribution is 6.36. The van der Waals surface area contributed by atoms with Crippen LogP contribution < -0.4 is 5.73 Å². The van der Waals surface area contributed by atoms with Crippen molar-refractivity contribution in [2.45, 2.75) is 6.92 Å². The summed E-state index contributed by atoms with van der Waals surface area (Å²) in [4.78, 5) is 0. The molecule has 0 atom stereocenters. The van der Waals surface area contributed by atoms with Crippen LogP contribution in [-0.2, 0) is 0 Å². The van der Waals surface area contributed by atoms with Crippen LogP contribution in [0.4, 0.5) is 0 Å². The molecule has 0 aliphatic heterocycles. The van der Waals surface area contributed by atoms with Crippen LogP contribution in [0.1, 0.15) is 6.92 Å². The lowest BCUT2D eigenvalue weighted by molar-refractivity contribution is 1.37. The summed E-state index contributed by atoms with van der Waals surface area (Å²) >= 11 is 11.2. The second-order valence-electron chi connectivity index (χ2n) is 1.60. The van der Waals surface area contributed by atoms with Gasteiger partial charge in [0.05, 0.1) is 15.8 Å². The molecule has 0 radical (unpaired) electrons. The SMILES string of the molecule is C=C/C(Cl)=C(N)\C(Cl)=C/C. The van der Waals surface area contributed by atoms with Crippen LogP contribution in [0.15, 0.2) is 34.5 Å². The Hall–Kier alpha value is -0.400. The molecule has 0 aromatic heterocycles. The zero-order valence-corrected chi connectivity index (χ0v) is 7.21. The Morgan fingerprint density at radius 2 is 2.00 bits per heavy atom. The predicted molar refractivity (Wildman–Crippen MR) is 46.9 cm³/mol. The molecule has 0 spiro atoms. The van der Waals surface area contributed by atoms with Gasteiger partial charge >= 0.3 is 0 Å². The molecule has 0 heterocycles. The van der Waals surface area contributed by atoms with Gasteiger partial charge in [-0.05, 0) is 13.0 Å². The minimum absolute atomic E-state index is 0.362. The Labute approximate surface area is 70.8 Å². The highest BCUT2D eigenvalue weighted by Crippen LogP contribution is 2.16. The molecule has 56 valence electrons. The molecule has 0 rings (SSSR count). The highest BCUT2D eigenvalue weighted by atomic mass is 35.5. The van der Waals surface area contributed by atoms with Crippen LogP contribution in [0, 0.1) is 0 Å². The van der Waals surface area contributed by atoms with Gasteiger partial charge in [0.25, 0.3) is 0 Å². The summed E-state index contributed by atoms with van der Waals surface area (Å²) in [5.41, 5.74) is 5.82. The molecule has 10 heavy (non-hydrogen) atoms. The van der Waals surface area contributed by atoms with Crippen molar-refractivity contribution in [3.63, 3.8) is 0 Å². The number of hydrogen-bond donors (Lipinski definition) is 1. The molecule has 0 aromatic carbocycles. The maximum Gasteiger partial charge on any atom is 0.0689 e. The van der Waals surface area contributed by atoms with Gasteiger partial charge in [0.1, 0.15) is 0 Å². The van der Waals surface area contributed by atoms with Crippen LogP contribution in [0.25, 0.3) is 0 Å². The predicted octanol–water partition coefficient (Wildman–Crippen LogP) is 2.72. The van der Waals surface area contributed by atoms with Gasteiger partial charge in [0.2, 0.25) is 0 Å². The molecule has 0 fully saturated rings. The van der Waals surface area contributed by atoms with Crippen LogP contribution >= 0.6 is 23.2 Å². The van der Waals surface area contributed by atoms with E-state index in [-0.39, 0.29) is 0 Å². The average Bonchev–Trinajstić information content (AvgIpc) is 2.00. The van der Waals surface area contributed by atoms with Crippen molar-refractivity contribution in [3.05, 3.63) is 34.5 Å². The monoisotopic (exact) mass is 177 g/mol. The van der Waals surface area contributed by atoms with Crippen molar-refractivity contribution >= 4 is 23.2 Å². The van der Waals surface area contributed by atoms with Crippen LogP contribution in [-0.4, -0.2) is 0 Å². The van der Waals surface area contributed by atoms with Crippen molar-refractivity contribution in [3.8, 4) is 0 Å². The molecule has 2 N–H and O–H groups in total. The molecule has 0 aromatic rings. The zero-order valence-electron chi connectivity index (χ0n) is 5.70. The number of halogens is 2. The van der Waals surface area contributed by atoms with Crippen LogP contribution in [0.2, 0.25) is 0 Å². The molecule has 0 aliphatic rings. The highest BCUT2D eigenvalue weighted by Gasteiger charge is 1.98. The Kier molecular flexibility index (Phi) is 4.24. The maximum absolute atomic E-state index is 5.64. The summed E-state index contributed by atoms with van der Waals surface area (Å²) < 4.78 is 0. The van der Waals surface area contributed by atoms with E-state index in [2.05, 4.69) is 6.58 Å². The van der Waals surface area contributed by atoms with E-state index < -0.39 is 0 Å². The lowest BCUT2D eigenvalue weighted by atomic mass is 10.3. The molecule has 0 saturated carbocycles. The molecule has 3 heteroatoms. The fraction of sp³-hybridized carbons (Fsp3) is 0.143. The molecule has 0 saturated heterocycles. The van der Waals surface area contributed by atoms with Crippen molar-refractivity contribution in [1.82, 2.24) is 0 Å². The zero-order chi connectivity index (χ0) is 8.15. The minimum atomic E-state index is 0.362. The van der Waals surface area contributed by atoms with E-state index in [4.69, 9.17) is 28.9 Å². The van der Waals surface area contributed by atoms with E-state index in [0.29, 0.717) is 15.8 Å². The smallest absolute Gasteiger partial charge is 0.0689 e. The van der Waals surface area contributed by atoms with E-state index in [1.54, 1.807) is 13.0 Å². The minimum Gasteiger partial charge on any atom is -0.396 e. The third-order valence-corrected chi connectivity index (χ3v) is 1.73. The van der Waals surface area contributed by atoms with Crippen LogP contribution in [0.3, 0.4) is 0 Å². The summed E-state index contributed by atoms with van der Waals surface area (Å²) in [6.45, 7) is 5.22. The summed E-state index contributed by atoms with van der Waals surface area (Å²) in [5.74, 6) is 0. The number of rotatable bonds is 2. The van der Waals surface area contributed by atoms with E-state index in [9.17, 15) is 0 Å². The van der Waals surface area contributed by atoms with Gasteiger partial charge in [-0.25, -0.2) is 0 Å². The fourth-order valence-electron chi connectivity index (χ4n) is 0.380. The molecule has 0 unspecified atom stereocenters. The first kappa shape index (κ1) is 9.60. The van der Waals surface area contributed by atoms with Crippen molar-refractivity contribution < 1.29 is 0 Å². The van der Waals surface area contributed by atoms with Crippen molar-refractivity contribution in [1.29, 1.82) is 0 Å². The average molecular weight is 178 g/mol. The molecule has 1 nitrogen and oxygen atoms in total. The quantitative estimate of drug-likeness (QED) is 0.646. The first-order chi connectivity index (χ1) is 4.63. The summed E-state index contributed by atoms with van der Waals surface area (Å²) in [6, 6.07) is 0. The normalized spacial score (nSPS) is 14.5. The summed E-state index contributed by atoms with van der Waals surface area (Å²) in [7, 11) is 0. The second-order valence-corrected chi connectivity index (χ2v) is 2.42. The van der Waals surface area contributed by atoms with E-state index in [1.165, 1.54) is 6.08 Å². The summed E-state index contributed by atoms with van der Waals surface area (Å²) in [5, 5.41) is 0.827. The number of nitrogens with two attached hydrogens (primary N) is 1. The van der Waals surface area contributed by atoms with Gasteiger partial charge in [-0.1, -0.05) is 35.9 Å². The Bertz CT molecular complexity index is 192. The summed E-state index contributed by atoms with van der Waals surface area (Å²) in [6.07, 6.45) is 3.12. The van der Waals surface area contributed by atoms with E-state index >= 15 is 0 Å². The fourth-order valence-corrected chi connectivity index (χ4v) is 0.632. The van der Waals surface area contributed by atoms with Gasteiger partial charge in [-0.2, -0.15) is 0 Å². The van der Waals surface area contributed by atoms with Gasteiger partial charge in [-0.15, -0.1) is 0 Å². The standard InChI is InChI=1S/C7H9Cl2N/c1-3-5(8)7(10)6(9)4-2/h3-4H,1,10H2,2H3/b6-4+,7-5-. The number of allylic oxidation sites excluding steroid dienone is 4. The van der Waals surface area contributed by atoms with Crippen molar-refractivity contribution in [2.24, 2.45) is 5.73 Å². The topological polar surface area (TPSA) is 26.0 Å². The van der Waals surface area contributed by atoms with E-state index in [0.717, 1.165) is 0 Å². The second kappa shape index (κ2) is 4.42. The van der Waals surface area contributed by atoms with Gasteiger partial charge < -0.3 is 5.73 Å². The first-order valence-corrected chi connectivity index (χ1v) is 3.49. The Morgan fingerprint density at radius 3 is 2.30 bits per heavy atom. The maximum atomic E-state index is 5.64. The largest absolute Gasteiger partial charge is 0.396 e.